The van der Waals surface area contributed by atoms with Gasteiger partial charge in [0.25, 0.3) is 0 Å². The molecule has 0 bridgehead atoms. The highest BCUT2D eigenvalue weighted by atomic mass is 32.2. The Bertz CT molecular complexity index is 899. The van der Waals surface area contributed by atoms with E-state index in [2.05, 4.69) is 20.1 Å². The van der Waals surface area contributed by atoms with E-state index in [0.717, 1.165) is 37.8 Å². The molecule has 0 unspecified atom stereocenters. The molecule has 1 saturated carbocycles. The van der Waals surface area contributed by atoms with Crippen molar-refractivity contribution in [3.05, 3.63) is 35.7 Å². The lowest BCUT2D eigenvalue weighted by atomic mass is 9.92. The number of alkyl halides is 3. The van der Waals surface area contributed by atoms with Gasteiger partial charge in [-0.25, -0.2) is 0 Å². The second-order valence-electron chi connectivity index (χ2n) is 8.95. The number of benzene rings is 1. The largest absolute Gasteiger partial charge is 0.416 e. The highest BCUT2D eigenvalue weighted by molar-refractivity contribution is 7.99. The summed E-state index contributed by atoms with van der Waals surface area (Å²) < 4.78 is 41.1. The fourth-order valence-electron chi connectivity index (χ4n) is 3.57. The van der Waals surface area contributed by atoms with Crippen molar-refractivity contribution in [2.45, 2.75) is 76.8 Å². The second kappa shape index (κ2) is 9.63. The van der Waals surface area contributed by atoms with Gasteiger partial charge >= 0.3 is 6.18 Å². The van der Waals surface area contributed by atoms with Crippen LogP contribution in [0.3, 0.4) is 0 Å². The third-order valence-electron chi connectivity index (χ3n) is 5.48. The summed E-state index contributed by atoms with van der Waals surface area (Å²) in [5.74, 6) is 1.13. The molecule has 2 aromatic rings. The van der Waals surface area contributed by atoms with Crippen LogP contribution in [0.1, 0.15) is 70.3 Å². The van der Waals surface area contributed by atoms with Crippen molar-refractivity contribution in [1.82, 2.24) is 14.8 Å². The summed E-state index contributed by atoms with van der Waals surface area (Å²) in [6.45, 7) is 5.95. The minimum Gasteiger partial charge on any atom is -0.378 e. The Hall–Kier alpha value is -2.03. The van der Waals surface area contributed by atoms with Gasteiger partial charge in [0.05, 0.1) is 17.9 Å². The van der Waals surface area contributed by atoms with Crippen LogP contribution in [0.15, 0.2) is 29.4 Å². The number of thioether (sulfide) groups is 1. The van der Waals surface area contributed by atoms with Crippen molar-refractivity contribution in [3.63, 3.8) is 0 Å². The lowest BCUT2D eigenvalue weighted by molar-refractivity contribution is -0.137. The van der Waals surface area contributed by atoms with Crippen molar-refractivity contribution in [1.29, 1.82) is 0 Å². The van der Waals surface area contributed by atoms with Gasteiger partial charge in [-0.3, -0.25) is 4.79 Å². The third kappa shape index (κ3) is 6.24. The van der Waals surface area contributed by atoms with Crippen molar-refractivity contribution in [2.75, 3.05) is 11.1 Å². The molecule has 1 fully saturated rings. The molecule has 0 aliphatic heterocycles. The zero-order valence-electron chi connectivity index (χ0n) is 18.1. The Balaban J connectivity index is 1.78. The van der Waals surface area contributed by atoms with Crippen LogP contribution in [0.5, 0.6) is 0 Å². The maximum Gasteiger partial charge on any atom is 0.416 e. The molecule has 1 aromatic heterocycles. The van der Waals surface area contributed by atoms with E-state index < -0.39 is 17.2 Å². The van der Waals surface area contributed by atoms with Gasteiger partial charge in [0.2, 0.25) is 0 Å². The van der Waals surface area contributed by atoms with E-state index >= 15 is 0 Å². The quantitative estimate of drug-likeness (QED) is 0.511. The molecule has 31 heavy (non-hydrogen) atoms. The maximum atomic E-state index is 13.0. The normalized spacial score (nSPS) is 15.8. The first-order chi connectivity index (χ1) is 14.6. The number of hydrogen-bond acceptors (Lipinski definition) is 5. The number of Topliss-reactive ketones (excluding diaryl/α,β-unsaturated/α-hetero) is 1. The first kappa shape index (κ1) is 23.6. The zero-order valence-corrected chi connectivity index (χ0v) is 18.9. The number of nitrogens with zero attached hydrogens (tertiary/aromatic N) is 3. The van der Waals surface area contributed by atoms with Gasteiger partial charge in [0, 0.05) is 17.1 Å². The fourth-order valence-corrected chi connectivity index (χ4v) is 4.75. The summed E-state index contributed by atoms with van der Waals surface area (Å²) in [6, 6.07) is 5.38. The zero-order chi connectivity index (χ0) is 22.6. The smallest absolute Gasteiger partial charge is 0.378 e. The van der Waals surface area contributed by atoms with Gasteiger partial charge in [0.15, 0.2) is 11.0 Å². The number of ketones is 1. The fraction of sp³-hybridized carbons (Fsp3) is 0.591. The van der Waals surface area contributed by atoms with Gasteiger partial charge in [-0.2, -0.15) is 13.2 Å². The minimum atomic E-state index is -4.39. The van der Waals surface area contributed by atoms with E-state index in [0.29, 0.717) is 22.4 Å². The average molecular weight is 455 g/mol. The SMILES string of the molecule is CC(C)(C)C(=O)CSc1nnc(CNc2cccc(C(F)(F)F)c2)n1C1CCCCC1. The van der Waals surface area contributed by atoms with E-state index in [1.165, 1.54) is 24.2 Å². The van der Waals surface area contributed by atoms with Gasteiger partial charge in [0.1, 0.15) is 5.78 Å². The molecular weight excluding hydrogens is 425 g/mol. The van der Waals surface area contributed by atoms with Crippen LogP contribution in [0.4, 0.5) is 18.9 Å². The summed E-state index contributed by atoms with van der Waals surface area (Å²) in [5, 5.41) is 12.4. The molecule has 1 N–H and O–H groups in total. The van der Waals surface area contributed by atoms with Crippen molar-refractivity contribution in [2.24, 2.45) is 5.41 Å². The maximum absolute atomic E-state index is 13.0. The molecule has 1 heterocycles. The Morgan fingerprint density at radius 3 is 2.52 bits per heavy atom. The van der Waals surface area contributed by atoms with Crippen LogP contribution < -0.4 is 5.32 Å². The number of hydrogen-bond donors (Lipinski definition) is 1. The van der Waals surface area contributed by atoms with Crippen molar-refractivity contribution >= 4 is 23.2 Å². The minimum absolute atomic E-state index is 0.138. The number of rotatable bonds is 7. The standard InChI is InChI=1S/C22H29F3N4OS/c1-21(2,3)18(30)14-31-20-28-27-19(29(20)17-10-5-4-6-11-17)13-26-16-9-7-8-15(12-16)22(23,24)25/h7-9,12,17,26H,4-6,10-11,13-14H2,1-3H3. The molecule has 170 valence electrons. The number of anilines is 1. The predicted octanol–water partition coefficient (Wildman–Crippen LogP) is 6.12. The molecule has 0 atom stereocenters. The van der Waals surface area contributed by atoms with Crippen molar-refractivity contribution < 1.29 is 18.0 Å². The first-order valence-electron chi connectivity index (χ1n) is 10.6. The monoisotopic (exact) mass is 454 g/mol. The van der Waals surface area contributed by atoms with Gasteiger partial charge in [-0.1, -0.05) is 57.9 Å². The number of carbonyl (C=O) groups excluding carboxylic acids is 1. The highest BCUT2D eigenvalue weighted by Crippen LogP contribution is 2.34. The summed E-state index contributed by atoms with van der Waals surface area (Å²) in [6.07, 6.45) is 1.07. The lowest BCUT2D eigenvalue weighted by Crippen LogP contribution is -2.23. The molecule has 5 nitrogen and oxygen atoms in total. The number of nitrogens with one attached hydrogen (secondary N) is 1. The summed E-state index contributed by atoms with van der Waals surface area (Å²) in [4.78, 5) is 12.4. The van der Waals surface area contributed by atoms with Gasteiger partial charge < -0.3 is 9.88 Å². The van der Waals surface area contributed by atoms with Crippen molar-refractivity contribution in [3.8, 4) is 0 Å². The molecule has 0 radical (unpaired) electrons. The molecule has 0 saturated heterocycles. The number of aromatic nitrogens is 3. The topological polar surface area (TPSA) is 59.8 Å². The molecule has 1 aromatic carbocycles. The second-order valence-corrected chi connectivity index (χ2v) is 9.90. The molecular formula is C22H29F3N4OS. The van der Waals surface area contributed by atoms with Crippen LogP contribution in [0, 0.1) is 5.41 Å². The van der Waals surface area contributed by atoms with E-state index in [4.69, 9.17) is 0 Å². The number of halogens is 3. The van der Waals surface area contributed by atoms with Gasteiger partial charge in [-0.05, 0) is 31.0 Å². The van der Waals surface area contributed by atoms with E-state index in [-0.39, 0.29) is 18.4 Å². The first-order valence-corrected chi connectivity index (χ1v) is 11.6. The number of carbonyl (C=O) groups is 1. The molecule has 3 rings (SSSR count). The van der Waals surface area contributed by atoms with Crippen LogP contribution >= 0.6 is 11.8 Å². The predicted molar refractivity (Wildman–Crippen MR) is 116 cm³/mol. The Morgan fingerprint density at radius 2 is 1.87 bits per heavy atom. The van der Waals surface area contributed by atoms with Crippen LogP contribution in [0.2, 0.25) is 0 Å². The van der Waals surface area contributed by atoms with Crippen LogP contribution in [-0.2, 0) is 17.5 Å². The Labute approximate surface area is 185 Å². The van der Waals surface area contributed by atoms with E-state index in [9.17, 15) is 18.0 Å². The summed E-state index contributed by atoms with van der Waals surface area (Å²) in [7, 11) is 0. The van der Waals surface area contributed by atoms with Gasteiger partial charge in [-0.15, -0.1) is 10.2 Å². The molecule has 9 heteroatoms. The molecule has 1 aliphatic rings. The summed E-state index contributed by atoms with van der Waals surface area (Å²) in [5.41, 5.74) is -0.732. The molecule has 0 amide bonds. The average Bonchev–Trinajstić information content (AvgIpc) is 3.12. The molecule has 0 spiro atoms. The Morgan fingerprint density at radius 1 is 1.16 bits per heavy atom. The Kier molecular flexibility index (Phi) is 7.34. The third-order valence-corrected chi connectivity index (χ3v) is 6.43. The lowest BCUT2D eigenvalue weighted by Gasteiger charge is -2.26. The molecule has 1 aliphatic carbocycles. The van der Waals surface area contributed by atoms with E-state index in [1.54, 1.807) is 6.07 Å². The van der Waals surface area contributed by atoms with Crippen LogP contribution in [0.25, 0.3) is 0 Å². The van der Waals surface area contributed by atoms with Crippen LogP contribution in [-0.4, -0.2) is 26.3 Å². The summed E-state index contributed by atoms with van der Waals surface area (Å²) >= 11 is 1.39. The highest BCUT2D eigenvalue weighted by Gasteiger charge is 2.30. The van der Waals surface area contributed by atoms with E-state index in [1.807, 2.05) is 20.8 Å².